The van der Waals surface area contributed by atoms with Crippen LogP contribution in [0.15, 0.2) is 42.5 Å². The number of benzene rings is 2. The van der Waals surface area contributed by atoms with Gasteiger partial charge in [-0.1, -0.05) is 24.3 Å². The first-order valence-corrected chi connectivity index (χ1v) is 11.6. The van der Waals surface area contributed by atoms with Crippen LogP contribution >= 0.6 is 0 Å². The van der Waals surface area contributed by atoms with E-state index >= 15 is 0 Å². The number of halogens is 1. The van der Waals surface area contributed by atoms with E-state index in [0.29, 0.717) is 18.5 Å². The molecule has 0 saturated carbocycles. The van der Waals surface area contributed by atoms with Crippen molar-refractivity contribution in [2.24, 2.45) is 0 Å². The van der Waals surface area contributed by atoms with E-state index in [4.69, 9.17) is 0 Å². The van der Waals surface area contributed by atoms with Gasteiger partial charge in [-0.3, -0.25) is 9.69 Å². The number of aryl methyl sites for hydroxylation is 2. The maximum Gasteiger partial charge on any atom is 0.241 e. The van der Waals surface area contributed by atoms with Gasteiger partial charge in [-0.25, -0.2) is 12.8 Å². The van der Waals surface area contributed by atoms with Crippen molar-refractivity contribution in [2.75, 3.05) is 29.5 Å². The summed E-state index contributed by atoms with van der Waals surface area (Å²) in [7, 11) is -3.25. The van der Waals surface area contributed by atoms with Gasteiger partial charge in [0.1, 0.15) is 5.82 Å². The lowest BCUT2D eigenvalue weighted by Gasteiger charge is -2.43. The van der Waals surface area contributed by atoms with Crippen LogP contribution in [-0.4, -0.2) is 55.9 Å². The molecule has 29 heavy (non-hydrogen) atoms. The normalized spacial score (nSPS) is 24.0. The van der Waals surface area contributed by atoms with Gasteiger partial charge in [0.05, 0.1) is 24.1 Å². The Kier molecular flexibility index (Phi) is 5.21. The van der Waals surface area contributed by atoms with Gasteiger partial charge in [0.15, 0.2) is 9.84 Å². The van der Waals surface area contributed by atoms with Crippen LogP contribution in [0.25, 0.3) is 0 Å². The van der Waals surface area contributed by atoms with Gasteiger partial charge in [0.25, 0.3) is 0 Å². The Morgan fingerprint density at radius 3 is 2.48 bits per heavy atom. The highest BCUT2D eigenvalue weighted by Gasteiger charge is 2.49. The highest BCUT2D eigenvalue weighted by molar-refractivity contribution is 7.91. The first-order valence-electron chi connectivity index (χ1n) is 9.82. The molecule has 2 aliphatic rings. The third kappa shape index (κ3) is 3.94. The SMILES string of the molecule is Cc1ccc(N2C(=O)CN(CCc3ccccc3F)[C@H]3CS(=O)(=O)C[C@H]32)cc1C. The number of hydrogen-bond donors (Lipinski definition) is 0. The minimum atomic E-state index is -3.25. The fourth-order valence-corrected chi connectivity index (χ4v) is 6.36. The molecule has 2 fully saturated rings. The van der Waals surface area contributed by atoms with Crippen molar-refractivity contribution in [1.29, 1.82) is 0 Å². The number of carbonyl (C=O) groups excluding carboxylic acids is 1. The van der Waals surface area contributed by atoms with Crippen LogP contribution in [0.1, 0.15) is 16.7 Å². The Morgan fingerprint density at radius 2 is 1.76 bits per heavy atom. The summed E-state index contributed by atoms with van der Waals surface area (Å²) in [5.41, 5.74) is 3.52. The number of carbonyl (C=O) groups is 1. The molecule has 2 aliphatic heterocycles. The molecule has 0 spiro atoms. The second-order valence-corrected chi connectivity index (χ2v) is 10.2. The molecule has 7 heteroatoms. The van der Waals surface area contributed by atoms with E-state index in [0.717, 1.165) is 16.8 Å². The van der Waals surface area contributed by atoms with Crippen molar-refractivity contribution in [3.8, 4) is 0 Å². The van der Waals surface area contributed by atoms with E-state index in [9.17, 15) is 17.6 Å². The number of sulfone groups is 1. The second kappa shape index (κ2) is 7.54. The molecule has 2 saturated heterocycles. The lowest BCUT2D eigenvalue weighted by molar-refractivity contribution is -0.123. The lowest BCUT2D eigenvalue weighted by atomic mass is 10.0. The molecule has 0 aliphatic carbocycles. The molecule has 4 rings (SSSR count). The van der Waals surface area contributed by atoms with Crippen LogP contribution in [-0.2, 0) is 21.1 Å². The van der Waals surface area contributed by atoms with E-state index in [2.05, 4.69) is 0 Å². The van der Waals surface area contributed by atoms with Gasteiger partial charge in [-0.15, -0.1) is 0 Å². The number of fused-ring (bicyclic) bond motifs is 1. The smallest absolute Gasteiger partial charge is 0.241 e. The summed E-state index contributed by atoms with van der Waals surface area (Å²) in [6.45, 7) is 4.57. The number of piperazine rings is 1. The molecular formula is C22H25FN2O3S. The summed E-state index contributed by atoms with van der Waals surface area (Å²) in [6, 6.07) is 11.7. The molecule has 0 radical (unpaired) electrons. The number of amides is 1. The zero-order valence-electron chi connectivity index (χ0n) is 16.6. The molecule has 0 N–H and O–H groups in total. The second-order valence-electron chi connectivity index (χ2n) is 8.06. The molecular weight excluding hydrogens is 391 g/mol. The van der Waals surface area contributed by atoms with Crippen LogP contribution in [0, 0.1) is 19.7 Å². The minimum absolute atomic E-state index is 0.0313. The Bertz CT molecular complexity index is 1050. The van der Waals surface area contributed by atoms with E-state index in [1.807, 2.05) is 36.9 Å². The maximum atomic E-state index is 14.0. The number of rotatable bonds is 4. The van der Waals surface area contributed by atoms with E-state index in [-0.39, 0.29) is 35.8 Å². The molecule has 2 atom stereocenters. The lowest BCUT2D eigenvalue weighted by Crippen LogP contribution is -2.62. The van der Waals surface area contributed by atoms with Gasteiger partial charge in [-0.05, 0) is 55.2 Å². The molecule has 1 amide bonds. The highest BCUT2D eigenvalue weighted by atomic mass is 32.2. The molecule has 5 nitrogen and oxygen atoms in total. The third-order valence-electron chi connectivity index (χ3n) is 6.10. The van der Waals surface area contributed by atoms with Crippen molar-refractivity contribution in [3.63, 3.8) is 0 Å². The third-order valence-corrected chi connectivity index (χ3v) is 7.79. The zero-order chi connectivity index (χ0) is 20.8. The van der Waals surface area contributed by atoms with Crippen molar-refractivity contribution < 1.29 is 17.6 Å². The predicted molar refractivity (Wildman–Crippen MR) is 111 cm³/mol. The average molecular weight is 417 g/mol. The standard InChI is InChI=1S/C22H25FN2O3S/c1-15-7-8-18(11-16(15)2)25-21-14-29(27,28)13-20(21)24(12-22(25)26)10-9-17-5-3-4-6-19(17)23/h3-8,11,20-21H,9-10,12-14H2,1-2H3/t20-,21+/m0/s1. The number of nitrogens with zero attached hydrogens (tertiary/aromatic N) is 2. The molecule has 0 unspecified atom stereocenters. The topological polar surface area (TPSA) is 57.7 Å². The fraction of sp³-hybridized carbons (Fsp3) is 0.409. The van der Waals surface area contributed by atoms with Gasteiger partial charge in [-0.2, -0.15) is 0 Å². The van der Waals surface area contributed by atoms with Crippen LogP contribution < -0.4 is 4.90 Å². The van der Waals surface area contributed by atoms with Crippen LogP contribution in [0.3, 0.4) is 0 Å². The van der Waals surface area contributed by atoms with Crippen LogP contribution in [0.4, 0.5) is 10.1 Å². The molecule has 0 aromatic heterocycles. The summed E-state index contributed by atoms with van der Waals surface area (Å²) in [5, 5.41) is 0. The average Bonchev–Trinajstić information content (AvgIpc) is 2.98. The Labute approximate surface area is 171 Å². The summed E-state index contributed by atoms with van der Waals surface area (Å²) in [4.78, 5) is 16.6. The van der Waals surface area contributed by atoms with E-state index in [1.165, 1.54) is 6.07 Å². The van der Waals surface area contributed by atoms with Crippen LogP contribution in [0.5, 0.6) is 0 Å². The summed E-state index contributed by atoms with van der Waals surface area (Å²) < 4.78 is 38.9. The monoisotopic (exact) mass is 416 g/mol. The fourth-order valence-electron chi connectivity index (χ4n) is 4.38. The predicted octanol–water partition coefficient (Wildman–Crippen LogP) is 2.50. The van der Waals surface area contributed by atoms with Gasteiger partial charge in [0, 0.05) is 18.3 Å². The van der Waals surface area contributed by atoms with Crippen molar-refractivity contribution >= 4 is 21.4 Å². The number of hydrogen-bond acceptors (Lipinski definition) is 4. The molecule has 154 valence electrons. The van der Waals surface area contributed by atoms with E-state index < -0.39 is 15.9 Å². The first-order chi connectivity index (χ1) is 13.7. The molecule has 2 aromatic carbocycles. The van der Waals surface area contributed by atoms with Gasteiger partial charge in [0.2, 0.25) is 5.91 Å². The number of anilines is 1. The van der Waals surface area contributed by atoms with E-state index in [1.54, 1.807) is 23.1 Å². The maximum absolute atomic E-state index is 14.0. The van der Waals surface area contributed by atoms with Gasteiger partial charge >= 0.3 is 0 Å². The summed E-state index contributed by atoms with van der Waals surface area (Å²) in [5.74, 6) is -0.390. The van der Waals surface area contributed by atoms with Crippen molar-refractivity contribution in [3.05, 3.63) is 65.0 Å². The van der Waals surface area contributed by atoms with Crippen LogP contribution in [0.2, 0.25) is 0 Å². The molecule has 2 aromatic rings. The summed E-state index contributed by atoms with van der Waals surface area (Å²) >= 11 is 0. The van der Waals surface area contributed by atoms with Crippen molar-refractivity contribution in [1.82, 2.24) is 4.90 Å². The minimum Gasteiger partial charge on any atom is -0.306 e. The molecule has 2 heterocycles. The molecule has 0 bridgehead atoms. The largest absolute Gasteiger partial charge is 0.306 e. The zero-order valence-corrected chi connectivity index (χ0v) is 17.5. The first kappa shape index (κ1) is 20.0. The Morgan fingerprint density at radius 1 is 1.03 bits per heavy atom. The Hall–Kier alpha value is -2.25. The van der Waals surface area contributed by atoms with Gasteiger partial charge < -0.3 is 4.90 Å². The highest BCUT2D eigenvalue weighted by Crippen LogP contribution is 2.32. The van der Waals surface area contributed by atoms with Crippen molar-refractivity contribution in [2.45, 2.75) is 32.4 Å². The Balaban J connectivity index is 1.61. The quantitative estimate of drug-likeness (QED) is 0.769. The summed E-state index contributed by atoms with van der Waals surface area (Å²) in [6.07, 6.45) is 0.437.